The van der Waals surface area contributed by atoms with Gasteiger partial charge in [-0.2, -0.15) is 0 Å². The number of hydrogen-bond donors (Lipinski definition) is 2. The molecule has 2 atom stereocenters. The number of likely N-dealkylation sites (tertiary alicyclic amines) is 1. The zero-order chi connectivity index (χ0) is 25.8. The van der Waals surface area contributed by atoms with Crippen LogP contribution in [0.4, 0.5) is 4.39 Å². The van der Waals surface area contributed by atoms with Gasteiger partial charge in [0.25, 0.3) is 0 Å². The lowest BCUT2D eigenvalue weighted by atomic mass is 9.68. The predicted octanol–water partition coefficient (Wildman–Crippen LogP) is 4.59. The van der Waals surface area contributed by atoms with E-state index in [0.29, 0.717) is 48.5 Å². The van der Waals surface area contributed by atoms with Gasteiger partial charge in [0.15, 0.2) is 11.6 Å². The summed E-state index contributed by atoms with van der Waals surface area (Å²) in [6, 6.07) is 17.0. The molecule has 1 aliphatic heterocycles. The van der Waals surface area contributed by atoms with Crippen LogP contribution >= 0.6 is 0 Å². The van der Waals surface area contributed by atoms with E-state index < -0.39 is 23.6 Å². The molecule has 0 saturated carbocycles. The SMILES string of the molecule is COCCN1C[C@H](C(=O)c2cccc(O)c2)C(c2cccc(F)c2C)[C@@H](C(=O)c2cccc(O)c2)C1. The Morgan fingerprint density at radius 2 is 1.44 bits per heavy atom. The molecule has 0 bridgehead atoms. The monoisotopic (exact) mass is 491 g/mol. The van der Waals surface area contributed by atoms with E-state index in [-0.39, 0.29) is 23.1 Å². The van der Waals surface area contributed by atoms with Gasteiger partial charge >= 0.3 is 0 Å². The lowest BCUT2D eigenvalue weighted by molar-refractivity contribution is 0.0497. The fraction of sp³-hybridized carbons (Fsp3) is 0.310. The van der Waals surface area contributed by atoms with Crippen LogP contribution in [0.25, 0.3) is 0 Å². The Kier molecular flexibility index (Phi) is 7.82. The summed E-state index contributed by atoms with van der Waals surface area (Å²) in [5.41, 5.74) is 1.67. The Hall–Kier alpha value is -3.55. The number of Topliss-reactive ketones (excluding diaryl/α,β-unsaturated/α-hetero) is 2. The van der Waals surface area contributed by atoms with E-state index in [4.69, 9.17) is 4.74 Å². The van der Waals surface area contributed by atoms with Crippen molar-refractivity contribution in [3.05, 3.63) is 94.8 Å². The van der Waals surface area contributed by atoms with Gasteiger partial charge in [-0.05, 0) is 48.4 Å². The van der Waals surface area contributed by atoms with Crippen molar-refractivity contribution in [1.82, 2.24) is 4.90 Å². The van der Waals surface area contributed by atoms with Gasteiger partial charge in [0.1, 0.15) is 17.3 Å². The van der Waals surface area contributed by atoms with E-state index in [9.17, 15) is 24.2 Å². The van der Waals surface area contributed by atoms with Gasteiger partial charge in [-0.1, -0.05) is 36.4 Å². The average molecular weight is 492 g/mol. The molecule has 2 N–H and O–H groups in total. The number of hydrogen-bond acceptors (Lipinski definition) is 6. The molecule has 0 spiro atoms. The van der Waals surface area contributed by atoms with Crippen LogP contribution in [-0.2, 0) is 4.74 Å². The molecule has 1 fully saturated rings. The molecular formula is C29H30FNO5. The second kappa shape index (κ2) is 11.0. The molecular weight excluding hydrogens is 461 g/mol. The van der Waals surface area contributed by atoms with Crippen LogP contribution < -0.4 is 0 Å². The quantitative estimate of drug-likeness (QED) is 0.448. The van der Waals surface area contributed by atoms with E-state index >= 15 is 0 Å². The zero-order valence-electron chi connectivity index (χ0n) is 20.4. The number of benzene rings is 3. The van der Waals surface area contributed by atoms with Crippen LogP contribution in [-0.4, -0.2) is 60.0 Å². The highest BCUT2D eigenvalue weighted by Crippen LogP contribution is 2.42. The van der Waals surface area contributed by atoms with Crippen LogP contribution in [0.2, 0.25) is 0 Å². The highest BCUT2D eigenvalue weighted by Gasteiger charge is 2.45. The van der Waals surface area contributed by atoms with Gasteiger partial charge in [0, 0.05) is 55.6 Å². The van der Waals surface area contributed by atoms with E-state index in [1.165, 1.54) is 30.3 Å². The van der Waals surface area contributed by atoms with Gasteiger partial charge in [-0.15, -0.1) is 0 Å². The lowest BCUT2D eigenvalue weighted by Gasteiger charge is -2.43. The van der Waals surface area contributed by atoms with Crippen molar-refractivity contribution in [1.29, 1.82) is 0 Å². The molecule has 0 radical (unpaired) electrons. The summed E-state index contributed by atoms with van der Waals surface area (Å²) in [5, 5.41) is 20.0. The van der Waals surface area contributed by atoms with E-state index in [2.05, 4.69) is 0 Å². The number of halogens is 1. The van der Waals surface area contributed by atoms with Gasteiger partial charge in [0.05, 0.1) is 6.61 Å². The Bertz CT molecular complexity index is 1190. The fourth-order valence-electron chi connectivity index (χ4n) is 5.20. The van der Waals surface area contributed by atoms with Gasteiger partial charge in [-0.3, -0.25) is 14.5 Å². The van der Waals surface area contributed by atoms with Crippen molar-refractivity contribution in [2.75, 3.05) is 33.4 Å². The predicted molar refractivity (Wildman–Crippen MR) is 134 cm³/mol. The van der Waals surface area contributed by atoms with Crippen molar-refractivity contribution < 1.29 is 28.9 Å². The van der Waals surface area contributed by atoms with Crippen LogP contribution in [0.5, 0.6) is 11.5 Å². The third-order valence-corrected chi connectivity index (χ3v) is 6.99. The number of aromatic hydroxyl groups is 2. The van der Waals surface area contributed by atoms with Crippen molar-refractivity contribution >= 4 is 11.6 Å². The number of piperidine rings is 1. The minimum atomic E-state index is -0.677. The molecule has 0 aromatic heterocycles. The molecule has 1 heterocycles. The van der Waals surface area contributed by atoms with Gasteiger partial charge in [-0.25, -0.2) is 4.39 Å². The first-order valence-electron chi connectivity index (χ1n) is 11.9. The van der Waals surface area contributed by atoms with Gasteiger partial charge in [0.2, 0.25) is 0 Å². The molecule has 3 aromatic carbocycles. The molecule has 0 aliphatic carbocycles. The maximum Gasteiger partial charge on any atom is 0.167 e. The van der Waals surface area contributed by atoms with Gasteiger partial charge < -0.3 is 14.9 Å². The number of methoxy groups -OCH3 is 1. The first-order chi connectivity index (χ1) is 17.3. The van der Waals surface area contributed by atoms with E-state index in [1.54, 1.807) is 50.4 Å². The largest absolute Gasteiger partial charge is 0.508 e. The smallest absolute Gasteiger partial charge is 0.167 e. The number of carbonyl (C=O) groups is 2. The topological polar surface area (TPSA) is 87.1 Å². The summed E-state index contributed by atoms with van der Waals surface area (Å²) < 4.78 is 20.0. The summed E-state index contributed by atoms with van der Waals surface area (Å²) in [5.74, 6) is -2.87. The molecule has 36 heavy (non-hydrogen) atoms. The van der Waals surface area contributed by atoms with Crippen LogP contribution in [0.3, 0.4) is 0 Å². The molecule has 6 nitrogen and oxygen atoms in total. The minimum absolute atomic E-state index is 0.0289. The standard InChI is InChI=1S/C29H30FNO5/c1-18-23(10-5-11-26(18)30)27-24(28(34)19-6-3-8-21(32)14-19)16-31(12-13-36-2)17-25(27)29(35)20-7-4-9-22(33)15-20/h3-11,14-15,24-25,27,32-33H,12-13,16-17H2,1-2H3/t24-,25-/m0/s1. The number of ketones is 2. The normalized spacial score (nSPS) is 18.8. The first-order valence-corrected chi connectivity index (χ1v) is 11.9. The van der Waals surface area contributed by atoms with Crippen LogP contribution in [0, 0.1) is 24.6 Å². The molecule has 4 rings (SSSR count). The fourth-order valence-corrected chi connectivity index (χ4v) is 5.20. The Labute approximate surface area is 210 Å². The van der Waals surface area contributed by atoms with E-state index in [0.717, 1.165) is 0 Å². The Balaban J connectivity index is 1.85. The summed E-state index contributed by atoms with van der Waals surface area (Å²) in [6.45, 7) is 3.29. The third-order valence-electron chi connectivity index (χ3n) is 6.99. The second-order valence-corrected chi connectivity index (χ2v) is 9.27. The highest BCUT2D eigenvalue weighted by atomic mass is 19.1. The molecule has 0 unspecified atom stereocenters. The lowest BCUT2D eigenvalue weighted by Crippen LogP contribution is -2.51. The molecule has 7 heteroatoms. The van der Waals surface area contributed by atoms with Crippen molar-refractivity contribution in [2.24, 2.45) is 11.8 Å². The maximum atomic E-state index is 14.7. The second-order valence-electron chi connectivity index (χ2n) is 9.27. The molecule has 1 aliphatic rings. The summed E-state index contributed by atoms with van der Waals surface area (Å²) in [7, 11) is 1.59. The highest BCUT2D eigenvalue weighted by molar-refractivity contribution is 6.02. The average Bonchev–Trinajstić information content (AvgIpc) is 2.88. The number of phenols is 2. The molecule has 188 valence electrons. The summed E-state index contributed by atoms with van der Waals surface area (Å²) >= 11 is 0. The number of carbonyl (C=O) groups excluding carboxylic acids is 2. The van der Waals surface area contributed by atoms with Crippen molar-refractivity contribution in [2.45, 2.75) is 12.8 Å². The summed E-state index contributed by atoms with van der Waals surface area (Å²) in [6.07, 6.45) is 0. The third kappa shape index (κ3) is 5.32. The van der Waals surface area contributed by atoms with Crippen LogP contribution in [0.15, 0.2) is 66.7 Å². The maximum absolute atomic E-state index is 14.7. The number of rotatable bonds is 8. The minimum Gasteiger partial charge on any atom is -0.508 e. The molecule has 1 saturated heterocycles. The zero-order valence-corrected chi connectivity index (χ0v) is 20.4. The Morgan fingerprint density at radius 1 is 0.917 bits per heavy atom. The number of ether oxygens (including phenoxy) is 1. The Morgan fingerprint density at radius 3 is 1.94 bits per heavy atom. The first kappa shape index (κ1) is 25.5. The number of nitrogens with zero attached hydrogens (tertiary/aromatic N) is 1. The molecule has 0 amide bonds. The van der Waals surface area contributed by atoms with Crippen LogP contribution in [0.1, 0.15) is 37.8 Å². The number of phenolic OH excluding ortho intramolecular Hbond substituents is 2. The van der Waals surface area contributed by atoms with E-state index in [1.807, 2.05) is 4.90 Å². The van der Waals surface area contributed by atoms with Crippen molar-refractivity contribution in [3.63, 3.8) is 0 Å². The summed E-state index contributed by atoms with van der Waals surface area (Å²) in [4.78, 5) is 29.8. The van der Waals surface area contributed by atoms with Crippen molar-refractivity contribution in [3.8, 4) is 11.5 Å². The molecule has 3 aromatic rings.